The summed E-state index contributed by atoms with van der Waals surface area (Å²) < 4.78 is 0. The van der Waals surface area contributed by atoms with E-state index in [1.165, 1.54) is 27.7 Å². The summed E-state index contributed by atoms with van der Waals surface area (Å²) >= 11 is 0. The van der Waals surface area contributed by atoms with Crippen LogP contribution in [-0.2, 0) is 14.4 Å². The molecule has 1 aliphatic carbocycles. The zero-order valence-electron chi connectivity index (χ0n) is 13.0. The van der Waals surface area contributed by atoms with Gasteiger partial charge < -0.3 is 5.21 Å². The van der Waals surface area contributed by atoms with Crippen molar-refractivity contribution in [3.8, 4) is 0 Å². The topological polar surface area (TPSA) is 83.8 Å². The Labute approximate surface area is 119 Å². The van der Waals surface area contributed by atoms with Crippen molar-refractivity contribution < 1.29 is 19.6 Å². The smallest absolute Gasteiger partial charge is 0.162 e. The predicted octanol–water partition coefficient (Wildman–Crippen LogP) is 2.25. The summed E-state index contributed by atoms with van der Waals surface area (Å²) in [7, 11) is 0. The first-order valence-corrected chi connectivity index (χ1v) is 6.82. The summed E-state index contributed by atoms with van der Waals surface area (Å²) in [6, 6.07) is 0. The number of ketones is 3. The largest absolute Gasteiger partial charge is 0.411 e. The van der Waals surface area contributed by atoms with E-state index in [-0.39, 0.29) is 17.4 Å². The van der Waals surface area contributed by atoms with E-state index in [0.717, 1.165) is 0 Å². The molecule has 0 aromatic heterocycles. The lowest BCUT2D eigenvalue weighted by Gasteiger charge is -2.40. The molecule has 1 aliphatic rings. The van der Waals surface area contributed by atoms with E-state index in [4.69, 9.17) is 5.21 Å². The van der Waals surface area contributed by atoms with Gasteiger partial charge in [0, 0.05) is 0 Å². The third kappa shape index (κ3) is 2.41. The quantitative estimate of drug-likeness (QED) is 0.372. The van der Waals surface area contributed by atoms with Gasteiger partial charge in [0.05, 0.1) is 16.5 Å². The SMILES string of the molecule is CC(C)CC(=NO)C1C(=O)C(C)(C)C(=O)C(C)(C)C1=O. The summed E-state index contributed by atoms with van der Waals surface area (Å²) in [5, 5.41) is 12.3. The number of hydrogen-bond acceptors (Lipinski definition) is 5. The second-order valence-corrected chi connectivity index (χ2v) is 6.93. The summed E-state index contributed by atoms with van der Waals surface area (Å²) in [5.74, 6) is -2.30. The second-order valence-electron chi connectivity index (χ2n) is 6.93. The molecule has 0 atom stereocenters. The van der Waals surface area contributed by atoms with Gasteiger partial charge in [0.25, 0.3) is 0 Å². The monoisotopic (exact) mass is 281 g/mol. The second kappa shape index (κ2) is 5.11. The lowest BCUT2D eigenvalue weighted by molar-refractivity contribution is -0.157. The Balaban J connectivity index is 3.35. The Kier molecular flexibility index (Phi) is 4.22. The molecular formula is C15H23NO4. The average Bonchev–Trinajstić information content (AvgIpc) is 2.34. The van der Waals surface area contributed by atoms with Crippen LogP contribution in [0.4, 0.5) is 0 Å². The Morgan fingerprint density at radius 1 is 1.10 bits per heavy atom. The van der Waals surface area contributed by atoms with Crippen molar-refractivity contribution in [1.29, 1.82) is 0 Å². The number of Topliss-reactive ketones (excluding diaryl/α,β-unsaturated/α-hetero) is 3. The standard InChI is InChI=1S/C15H23NO4/c1-8(2)7-9(16-20)10-11(17)14(3,4)13(19)15(5,6)12(10)18/h8,10,20H,7H2,1-6H3. The molecule has 0 aromatic rings. The molecule has 0 amide bonds. The van der Waals surface area contributed by atoms with Crippen LogP contribution in [0.5, 0.6) is 0 Å². The van der Waals surface area contributed by atoms with Crippen LogP contribution in [0.3, 0.4) is 0 Å². The Morgan fingerprint density at radius 2 is 1.50 bits per heavy atom. The Hall–Kier alpha value is -1.52. The predicted molar refractivity (Wildman–Crippen MR) is 74.7 cm³/mol. The van der Waals surface area contributed by atoms with E-state index in [9.17, 15) is 14.4 Å². The number of rotatable bonds is 3. The van der Waals surface area contributed by atoms with Crippen LogP contribution < -0.4 is 0 Å². The summed E-state index contributed by atoms with van der Waals surface area (Å²) in [5.41, 5.74) is -2.33. The van der Waals surface area contributed by atoms with Gasteiger partial charge in [-0.25, -0.2) is 0 Å². The first-order chi connectivity index (χ1) is 8.97. The minimum atomic E-state index is -1.24. The summed E-state index contributed by atoms with van der Waals surface area (Å²) in [6.45, 7) is 9.94. The minimum Gasteiger partial charge on any atom is -0.411 e. The Bertz CT molecular complexity index is 456. The highest BCUT2D eigenvalue weighted by Gasteiger charge is 2.59. The molecule has 0 aromatic carbocycles. The molecule has 0 heterocycles. The molecule has 0 unspecified atom stereocenters. The van der Waals surface area contributed by atoms with Crippen LogP contribution in [0, 0.1) is 22.7 Å². The van der Waals surface area contributed by atoms with Crippen LogP contribution in [-0.4, -0.2) is 28.3 Å². The zero-order valence-corrected chi connectivity index (χ0v) is 13.0. The fourth-order valence-electron chi connectivity index (χ4n) is 2.78. The molecule has 0 aliphatic heterocycles. The highest BCUT2D eigenvalue weighted by atomic mass is 16.4. The van der Waals surface area contributed by atoms with Crippen molar-refractivity contribution >= 4 is 23.1 Å². The van der Waals surface area contributed by atoms with Gasteiger partial charge >= 0.3 is 0 Å². The average molecular weight is 281 g/mol. The van der Waals surface area contributed by atoms with Crippen LogP contribution in [0.15, 0.2) is 5.16 Å². The van der Waals surface area contributed by atoms with Gasteiger partial charge in [-0.1, -0.05) is 19.0 Å². The molecule has 112 valence electrons. The van der Waals surface area contributed by atoms with Gasteiger partial charge in [0.1, 0.15) is 5.92 Å². The van der Waals surface area contributed by atoms with Crippen LogP contribution in [0.1, 0.15) is 48.0 Å². The van der Waals surface area contributed by atoms with Crippen LogP contribution in [0.2, 0.25) is 0 Å². The molecule has 5 nitrogen and oxygen atoms in total. The van der Waals surface area contributed by atoms with E-state index in [0.29, 0.717) is 6.42 Å². The van der Waals surface area contributed by atoms with E-state index in [1.54, 1.807) is 0 Å². The third-order valence-electron chi connectivity index (χ3n) is 3.97. The van der Waals surface area contributed by atoms with Gasteiger partial charge in [-0.2, -0.15) is 0 Å². The van der Waals surface area contributed by atoms with Gasteiger partial charge in [0.2, 0.25) is 0 Å². The molecule has 1 N–H and O–H groups in total. The van der Waals surface area contributed by atoms with Crippen molar-refractivity contribution in [3.05, 3.63) is 0 Å². The van der Waals surface area contributed by atoms with Gasteiger partial charge in [0.15, 0.2) is 17.3 Å². The highest BCUT2D eigenvalue weighted by molar-refractivity contribution is 6.35. The van der Waals surface area contributed by atoms with Crippen LogP contribution >= 0.6 is 0 Å². The number of oxime groups is 1. The molecule has 0 spiro atoms. The van der Waals surface area contributed by atoms with Crippen molar-refractivity contribution in [2.75, 3.05) is 0 Å². The molecule has 1 fully saturated rings. The first kappa shape index (κ1) is 16.5. The number of carbonyl (C=O) groups is 3. The van der Waals surface area contributed by atoms with E-state index >= 15 is 0 Å². The molecule has 20 heavy (non-hydrogen) atoms. The van der Waals surface area contributed by atoms with Gasteiger partial charge in [-0.3, -0.25) is 14.4 Å². The van der Waals surface area contributed by atoms with Crippen LogP contribution in [0.25, 0.3) is 0 Å². The number of hydrogen-bond donors (Lipinski definition) is 1. The highest BCUT2D eigenvalue weighted by Crippen LogP contribution is 2.41. The fourth-order valence-corrected chi connectivity index (χ4v) is 2.78. The van der Waals surface area contributed by atoms with Gasteiger partial charge in [-0.15, -0.1) is 0 Å². The van der Waals surface area contributed by atoms with Crippen molar-refractivity contribution in [2.24, 2.45) is 27.8 Å². The third-order valence-corrected chi connectivity index (χ3v) is 3.97. The van der Waals surface area contributed by atoms with Crippen molar-refractivity contribution in [2.45, 2.75) is 48.0 Å². The molecule has 1 saturated carbocycles. The summed E-state index contributed by atoms with van der Waals surface area (Å²) in [6.07, 6.45) is 0.346. The first-order valence-electron chi connectivity index (χ1n) is 6.82. The van der Waals surface area contributed by atoms with E-state index in [1.807, 2.05) is 13.8 Å². The summed E-state index contributed by atoms with van der Waals surface area (Å²) in [4.78, 5) is 37.3. The van der Waals surface area contributed by atoms with Crippen molar-refractivity contribution in [1.82, 2.24) is 0 Å². The maximum atomic E-state index is 12.5. The van der Waals surface area contributed by atoms with Crippen molar-refractivity contribution in [3.63, 3.8) is 0 Å². The lowest BCUT2D eigenvalue weighted by atomic mass is 9.57. The molecule has 1 rings (SSSR count). The molecule has 0 bridgehead atoms. The lowest BCUT2D eigenvalue weighted by Crippen LogP contribution is -2.59. The molecule has 5 heteroatoms. The number of nitrogens with zero attached hydrogens (tertiary/aromatic N) is 1. The fraction of sp³-hybridized carbons (Fsp3) is 0.733. The molecule has 0 saturated heterocycles. The zero-order chi connectivity index (χ0) is 15.9. The minimum absolute atomic E-state index is 0.144. The normalized spacial score (nSPS) is 23.6. The molecular weight excluding hydrogens is 258 g/mol. The van der Waals surface area contributed by atoms with E-state index < -0.39 is 28.3 Å². The van der Waals surface area contributed by atoms with E-state index in [2.05, 4.69) is 5.16 Å². The maximum absolute atomic E-state index is 12.5. The van der Waals surface area contributed by atoms with Gasteiger partial charge in [-0.05, 0) is 40.0 Å². The number of carbonyl (C=O) groups excluding carboxylic acids is 3. The Morgan fingerprint density at radius 3 is 1.80 bits per heavy atom. The molecule has 0 radical (unpaired) electrons. The maximum Gasteiger partial charge on any atom is 0.162 e.